The lowest BCUT2D eigenvalue weighted by Crippen LogP contribution is -2.44. The monoisotopic (exact) mass is 478 g/mol. The fraction of sp³-hybridized carbons (Fsp3) is 0.400. The molecular formula is C25H30N6O4. The molecule has 3 heterocycles. The zero-order valence-corrected chi connectivity index (χ0v) is 20.4. The molecule has 0 radical (unpaired) electrons. The number of benzene rings is 1. The van der Waals surface area contributed by atoms with Crippen molar-refractivity contribution in [1.82, 2.24) is 25.2 Å². The Bertz CT molecular complexity index is 1220. The van der Waals surface area contributed by atoms with Gasteiger partial charge in [0.05, 0.1) is 5.52 Å². The van der Waals surface area contributed by atoms with E-state index in [4.69, 9.17) is 9.47 Å². The van der Waals surface area contributed by atoms with Crippen LogP contribution in [0.5, 0.6) is 11.5 Å². The lowest BCUT2D eigenvalue weighted by atomic mass is 10.1. The van der Waals surface area contributed by atoms with E-state index in [1.165, 1.54) is 6.20 Å². The maximum atomic E-state index is 12.3. The van der Waals surface area contributed by atoms with E-state index in [2.05, 4.69) is 25.6 Å². The van der Waals surface area contributed by atoms with E-state index in [1.807, 2.05) is 39.0 Å². The minimum atomic E-state index is -0.497. The molecule has 0 unspecified atom stereocenters. The van der Waals surface area contributed by atoms with Crippen LogP contribution >= 0.6 is 0 Å². The molecule has 3 aromatic rings. The first-order valence-corrected chi connectivity index (χ1v) is 11.6. The van der Waals surface area contributed by atoms with Gasteiger partial charge in [0.25, 0.3) is 5.91 Å². The highest BCUT2D eigenvalue weighted by atomic mass is 16.6. The van der Waals surface area contributed by atoms with Gasteiger partial charge in [0.2, 0.25) is 5.95 Å². The Kier molecular flexibility index (Phi) is 6.99. The normalized spacial score (nSPS) is 14.5. The zero-order chi connectivity index (χ0) is 25.0. The van der Waals surface area contributed by atoms with Gasteiger partial charge in [-0.15, -0.1) is 0 Å². The molecule has 1 aliphatic rings. The van der Waals surface area contributed by atoms with Crippen molar-refractivity contribution in [2.45, 2.75) is 45.3 Å². The summed E-state index contributed by atoms with van der Waals surface area (Å²) in [6, 6.07) is 8.98. The second-order valence-electron chi connectivity index (χ2n) is 9.36. The summed E-state index contributed by atoms with van der Waals surface area (Å²) in [5.74, 6) is 1.38. The smallest absolute Gasteiger partial charge is 0.410 e. The summed E-state index contributed by atoms with van der Waals surface area (Å²) in [7, 11) is 1.55. The van der Waals surface area contributed by atoms with Crippen molar-refractivity contribution in [3.63, 3.8) is 0 Å². The molecule has 0 spiro atoms. The van der Waals surface area contributed by atoms with Gasteiger partial charge in [0, 0.05) is 50.0 Å². The highest BCUT2D eigenvalue weighted by Gasteiger charge is 2.27. The second kappa shape index (κ2) is 10.1. The van der Waals surface area contributed by atoms with Crippen molar-refractivity contribution >= 4 is 28.9 Å². The highest BCUT2D eigenvalue weighted by molar-refractivity contribution is 5.92. The molecular weight excluding hydrogens is 448 g/mol. The maximum absolute atomic E-state index is 12.3. The van der Waals surface area contributed by atoms with Gasteiger partial charge in [0.1, 0.15) is 22.8 Å². The van der Waals surface area contributed by atoms with Crippen molar-refractivity contribution in [1.29, 1.82) is 0 Å². The number of likely N-dealkylation sites (tertiary alicyclic amines) is 1. The number of carbonyl (C=O) groups is 2. The number of rotatable bonds is 5. The number of piperidine rings is 1. The first-order valence-electron chi connectivity index (χ1n) is 11.6. The molecule has 10 nitrogen and oxygen atoms in total. The average Bonchev–Trinajstić information content (AvgIpc) is 2.83. The molecule has 0 bridgehead atoms. The van der Waals surface area contributed by atoms with Gasteiger partial charge in [-0.2, -0.15) is 0 Å². The number of carbonyl (C=O) groups excluding carboxylic acids is 2. The quantitative estimate of drug-likeness (QED) is 0.565. The lowest BCUT2D eigenvalue weighted by Gasteiger charge is -2.33. The Hall–Kier alpha value is -3.95. The number of hydrogen-bond donors (Lipinski definition) is 2. The number of nitrogens with one attached hydrogen (secondary N) is 2. The first kappa shape index (κ1) is 24.2. The number of pyridine rings is 1. The number of nitrogens with zero attached hydrogens (tertiary/aromatic N) is 4. The first-order chi connectivity index (χ1) is 16.7. The summed E-state index contributed by atoms with van der Waals surface area (Å²) >= 11 is 0. The van der Waals surface area contributed by atoms with E-state index in [1.54, 1.807) is 30.3 Å². The SMILES string of the molecule is CNC(=O)c1cc(Oc2ccc3nc(NC4CCN(C(=O)OC(C)(C)C)CC4)ncc3c2)ccn1. The van der Waals surface area contributed by atoms with E-state index in [0.717, 1.165) is 23.7 Å². The zero-order valence-electron chi connectivity index (χ0n) is 20.4. The van der Waals surface area contributed by atoms with E-state index < -0.39 is 5.60 Å². The van der Waals surface area contributed by atoms with Crippen LogP contribution in [0.1, 0.15) is 44.1 Å². The van der Waals surface area contributed by atoms with Crippen LogP contribution in [-0.4, -0.2) is 63.6 Å². The molecule has 184 valence electrons. The topological polar surface area (TPSA) is 119 Å². The van der Waals surface area contributed by atoms with Crippen molar-refractivity contribution in [2.24, 2.45) is 0 Å². The predicted molar refractivity (Wildman–Crippen MR) is 132 cm³/mol. The Morgan fingerprint density at radius 3 is 2.51 bits per heavy atom. The molecule has 1 aromatic carbocycles. The van der Waals surface area contributed by atoms with Crippen molar-refractivity contribution in [3.8, 4) is 11.5 Å². The third-order valence-electron chi connectivity index (χ3n) is 5.46. The standard InChI is InChI=1S/C25H30N6O4/c1-25(2,3)35-24(33)31-11-8-17(9-12-31)29-23-28-15-16-13-18(5-6-20(16)30-23)34-19-7-10-27-21(14-19)22(32)26-4/h5-7,10,13-15,17H,8-9,11-12H2,1-4H3,(H,26,32)(H,28,29,30). The largest absolute Gasteiger partial charge is 0.457 e. The average molecular weight is 479 g/mol. The van der Waals surface area contributed by atoms with Gasteiger partial charge in [-0.25, -0.2) is 14.8 Å². The Balaban J connectivity index is 1.37. The fourth-order valence-electron chi connectivity index (χ4n) is 3.72. The highest BCUT2D eigenvalue weighted by Crippen LogP contribution is 2.26. The van der Waals surface area contributed by atoms with Gasteiger partial charge < -0.3 is 25.0 Å². The summed E-state index contributed by atoms with van der Waals surface area (Å²) in [6.07, 6.45) is 4.58. The van der Waals surface area contributed by atoms with E-state index in [9.17, 15) is 9.59 Å². The number of hydrogen-bond acceptors (Lipinski definition) is 8. The molecule has 1 fully saturated rings. The number of anilines is 1. The van der Waals surface area contributed by atoms with Crippen LogP contribution in [0.25, 0.3) is 10.9 Å². The summed E-state index contributed by atoms with van der Waals surface area (Å²) in [6.45, 7) is 6.85. The van der Waals surface area contributed by atoms with Crippen LogP contribution in [0.3, 0.4) is 0 Å². The van der Waals surface area contributed by atoms with E-state index in [-0.39, 0.29) is 23.7 Å². The Morgan fingerprint density at radius 1 is 1.06 bits per heavy atom. The number of fused-ring (bicyclic) bond motifs is 1. The molecule has 35 heavy (non-hydrogen) atoms. The molecule has 1 saturated heterocycles. The van der Waals surface area contributed by atoms with Crippen molar-refractivity contribution in [3.05, 3.63) is 48.4 Å². The summed E-state index contributed by atoms with van der Waals surface area (Å²) in [4.78, 5) is 38.9. The minimum Gasteiger partial charge on any atom is -0.457 e. The number of ether oxygens (including phenoxy) is 2. The number of aromatic nitrogens is 3. The van der Waals surface area contributed by atoms with Crippen LogP contribution in [-0.2, 0) is 4.74 Å². The van der Waals surface area contributed by atoms with E-state index in [0.29, 0.717) is 30.5 Å². The molecule has 1 aliphatic heterocycles. The predicted octanol–water partition coefficient (Wildman–Crippen LogP) is 3.99. The second-order valence-corrected chi connectivity index (χ2v) is 9.36. The van der Waals surface area contributed by atoms with Crippen LogP contribution in [0.2, 0.25) is 0 Å². The van der Waals surface area contributed by atoms with Crippen LogP contribution in [0.15, 0.2) is 42.7 Å². The Labute approximate surface area is 204 Å². The van der Waals surface area contributed by atoms with E-state index >= 15 is 0 Å². The molecule has 2 N–H and O–H groups in total. The fourth-order valence-corrected chi connectivity index (χ4v) is 3.72. The molecule has 0 aliphatic carbocycles. The lowest BCUT2D eigenvalue weighted by molar-refractivity contribution is 0.0210. The molecule has 0 saturated carbocycles. The molecule has 2 aromatic heterocycles. The van der Waals surface area contributed by atoms with Crippen LogP contribution < -0.4 is 15.4 Å². The van der Waals surface area contributed by atoms with Crippen molar-refractivity contribution in [2.75, 3.05) is 25.5 Å². The molecule has 2 amide bonds. The van der Waals surface area contributed by atoms with Gasteiger partial charge in [-0.1, -0.05) is 0 Å². The third kappa shape index (κ3) is 6.34. The summed E-state index contributed by atoms with van der Waals surface area (Å²) in [5, 5.41) is 6.75. The number of amides is 2. The summed E-state index contributed by atoms with van der Waals surface area (Å²) < 4.78 is 11.4. The summed E-state index contributed by atoms with van der Waals surface area (Å²) in [5.41, 5.74) is 0.562. The third-order valence-corrected chi connectivity index (χ3v) is 5.46. The van der Waals surface area contributed by atoms with Crippen molar-refractivity contribution < 1.29 is 19.1 Å². The Morgan fingerprint density at radius 2 is 1.80 bits per heavy atom. The van der Waals surface area contributed by atoms with Crippen LogP contribution in [0.4, 0.5) is 10.7 Å². The van der Waals surface area contributed by atoms with Gasteiger partial charge >= 0.3 is 6.09 Å². The van der Waals surface area contributed by atoms with Gasteiger partial charge in [-0.3, -0.25) is 9.78 Å². The molecule has 10 heteroatoms. The van der Waals surface area contributed by atoms with Gasteiger partial charge in [-0.05, 0) is 57.9 Å². The minimum absolute atomic E-state index is 0.176. The molecule has 4 rings (SSSR count). The van der Waals surface area contributed by atoms with Gasteiger partial charge in [0.15, 0.2) is 0 Å². The maximum Gasteiger partial charge on any atom is 0.410 e. The molecule has 0 atom stereocenters. The van der Waals surface area contributed by atoms with Crippen LogP contribution in [0, 0.1) is 0 Å².